The molecule has 3 heterocycles. The largest absolute Gasteiger partial charge is 0.253 e. The van der Waals surface area contributed by atoms with E-state index in [1.807, 2.05) is 13.8 Å². The summed E-state index contributed by atoms with van der Waals surface area (Å²) >= 11 is 1.54. The van der Waals surface area contributed by atoms with E-state index >= 15 is 0 Å². The summed E-state index contributed by atoms with van der Waals surface area (Å²) in [5.74, 6) is 0.283. The highest BCUT2D eigenvalue weighted by atomic mass is 32.2. The van der Waals surface area contributed by atoms with Gasteiger partial charge in [-0.2, -0.15) is 9.40 Å². The molecule has 0 bridgehead atoms. The summed E-state index contributed by atoms with van der Waals surface area (Å²) in [4.78, 5) is 6.31. The summed E-state index contributed by atoms with van der Waals surface area (Å²) in [7, 11) is -3.39. The van der Waals surface area contributed by atoms with E-state index in [9.17, 15) is 8.42 Å². The van der Waals surface area contributed by atoms with Crippen LogP contribution in [0.5, 0.6) is 0 Å². The van der Waals surface area contributed by atoms with Crippen molar-refractivity contribution >= 4 is 21.4 Å². The van der Waals surface area contributed by atoms with E-state index < -0.39 is 10.0 Å². The number of piperidine rings is 1. The molecule has 120 valence electrons. The average molecular weight is 340 g/mol. The fraction of sp³-hybridized carbons (Fsp3) is 0.571. The summed E-state index contributed by atoms with van der Waals surface area (Å²) in [5.41, 5.74) is 0. The van der Waals surface area contributed by atoms with Crippen molar-refractivity contribution in [3.05, 3.63) is 28.5 Å². The maximum absolute atomic E-state index is 12.9. The first kappa shape index (κ1) is 15.6. The Morgan fingerprint density at radius 2 is 2.23 bits per heavy atom. The summed E-state index contributed by atoms with van der Waals surface area (Å²) in [6, 6.07) is 1.79. The van der Waals surface area contributed by atoms with Crippen LogP contribution >= 0.6 is 11.3 Å². The lowest BCUT2D eigenvalue weighted by Gasteiger charge is -2.31. The molecular weight excluding hydrogens is 320 g/mol. The summed E-state index contributed by atoms with van der Waals surface area (Å²) in [6.07, 6.45) is 5.10. The van der Waals surface area contributed by atoms with Gasteiger partial charge in [0, 0.05) is 29.4 Å². The number of hydrogen-bond donors (Lipinski definition) is 0. The summed E-state index contributed by atoms with van der Waals surface area (Å²) in [6.45, 7) is 5.69. The Morgan fingerprint density at radius 3 is 2.86 bits per heavy atom. The van der Waals surface area contributed by atoms with Crippen LogP contribution in [-0.4, -0.2) is 40.6 Å². The molecule has 0 amide bonds. The van der Waals surface area contributed by atoms with E-state index in [0.29, 0.717) is 24.5 Å². The molecule has 1 aliphatic heterocycles. The quantitative estimate of drug-likeness (QED) is 0.854. The summed E-state index contributed by atoms with van der Waals surface area (Å²) in [5, 5.41) is 4.11. The van der Waals surface area contributed by atoms with Crippen LogP contribution < -0.4 is 0 Å². The molecule has 0 N–H and O–H groups in total. The molecule has 3 rings (SSSR count). The molecule has 1 fully saturated rings. The van der Waals surface area contributed by atoms with Crippen LogP contribution in [0.1, 0.15) is 22.6 Å². The van der Waals surface area contributed by atoms with Crippen LogP contribution in [0, 0.1) is 19.8 Å². The van der Waals surface area contributed by atoms with Crippen molar-refractivity contribution in [2.24, 2.45) is 5.92 Å². The van der Waals surface area contributed by atoms with Gasteiger partial charge in [-0.3, -0.25) is 4.68 Å². The maximum atomic E-state index is 12.9. The van der Waals surface area contributed by atoms with E-state index in [1.54, 1.807) is 21.4 Å². The third-order valence-corrected chi connectivity index (χ3v) is 7.09. The van der Waals surface area contributed by atoms with Gasteiger partial charge >= 0.3 is 0 Å². The van der Waals surface area contributed by atoms with Gasteiger partial charge in [-0.1, -0.05) is 0 Å². The second kappa shape index (κ2) is 6.10. The molecule has 0 aromatic carbocycles. The molecule has 2 aromatic heterocycles. The van der Waals surface area contributed by atoms with Gasteiger partial charge in [-0.15, -0.1) is 11.3 Å². The first-order valence-electron chi connectivity index (χ1n) is 7.36. The Hall–Kier alpha value is -1.25. The highest BCUT2D eigenvalue weighted by Crippen LogP contribution is 2.30. The third-order valence-electron chi connectivity index (χ3n) is 4.01. The van der Waals surface area contributed by atoms with Crippen molar-refractivity contribution in [2.75, 3.05) is 13.1 Å². The molecule has 1 aliphatic rings. The van der Waals surface area contributed by atoms with Gasteiger partial charge in [-0.25, -0.2) is 13.4 Å². The molecule has 1 saturated heterocycles. The Bertz CT molecular complexity index is 737. The van der Waals surface area contributed by atoms with Crippen molar-refractivity contribution in [3.63, 3.8) is 0 Å². The molecule has 0 radical (unpaired) electrons. The fourth-order valence-corrected chi connectivity index (χ4v) is 6.07. The van der Waals surface area contributed by atoms with Crippen molar-refractivity contribution < 1.29 is 8.42 Å². The zero-order chi connectivity index (χ0) is 15.7. The van der Waals surface area contributed by atoms with E-state index in [-0.39, 0.29) is 5.92 Å². The van der Waals surface area contributed by atoms with Crippen LogP contribution in [-0.2, 0) is 16.6 Å². The minimum absolute atomic E-state index is 0.283. The highest BCUT2D eigenvalue weighted by Gasteiger charge is 2.32. The predicted molar refractivity (Wildman–Crippen MR) is 85.3 cm³/mol. The van der Waals surface area contributed by atoms with Crippen LogP contribution in [0.15, 0.2) is 23.6 Å². The predicted octanol–water partition coefficient (Wildman–Crippen LogP) is 2.06. The monoisotopic (exact) mass is 340 g/mol. The van der Waals surface area contributed by atoms with Gasteiger partial charge in [0.05, 0.1) is 4.90 Å². The van der Waals surface area contributed by atoms with E-state index in [2.05, 4.69) is 10.1 Å². The molecule has 1 atom stereocenters. The Balaban J connectivity index is 1.77. The minimum atomic E-state index is -3.39. The third kappa shape index (κ3) is 3.09. The van der Waals surface area contributed by atoms with Gasteiger partial charge < -0.3 is 0 Å². The molecule has 0 spiro atoms. The van der Waals surface area contributed by atoms with Crippen LogP contribution in [0.3, 0.4) is 0 Å². The topological polar surface area (TPSA) is 68.1 Å². The molecular formula is C14H20N4O2S2. The number of aromatic nitrogens is 3. The second-order valence-electron chi connectivity index (χ2n) is 5.77. The lowest BCUT2D eigenvalue weighted by molar-refractivity contribution is 0.239. The van der Waals surface area contributed by atoms with Gasteiger partial charge in [0.2, 0.25) is 10.0 Å². The Labute approximate surface area is 134 Å². The van der Waals surface area contributed by atoms with E-state index in [0.717, 1.165) is 22.6 Å². The molecule has 6 nitrogen and oxygen atoms in total. The molecule has 2 aromatic rings. The SMILES string of the molecule is Cc1cc(S(=O)(=O)N2CCC[C@H](Cn3cncn3)C2)c(C)s1. The normalized spacial score (nSPS) is 20.4. The van der Waals surface area contributed by atoms with Crippen molar-refractivity contribution in [3.8, 4) is 0 Å². The van der Waals surface area contributed by atoms with Crippen LogP contribution in [0.25, 0.3) is 0 Å². The number of aryl methyl sites for hydroxylation is 2. The molecule has 22 heavy (non-hydrogen) atoms. The number of sulfonamides is 1. The van der Waals surface area contributed by atoms with Gasteiger partial charge in [0.25, 0.3) is 0 Å². The van der Waals surface area contributed by atoms with Gasteiger partial charge in [-0.05, 0) is 38.7 Å². The second-order valence-corrected chi connectivity index (χ2v) is 9.13. The van der Waals surface area contributed by atoms with E-state index in [1.165, 1.54) is 17.7 Å². The highest BCUT2D eigenvalue weighted by molar-refractivity contribution is 7.89. The van der Waals surface area contributed by atoms with Crippen molar-refractivity contribution in [2.45, 2.75) is 38.1 Å². The lowest BCUT2D eigenvalue weighted by atomic mass is 10.00. The number of hydrogen-bond acceptors (Lipinski definition) is 5. The van der Waals surface area contributed by atoms with Crippen LogP contribution in [0.4, 0.5) is 0 Å². The molecule has 0 unspecified atom stereocenters. The summed E-state index contributed by atoms with van der Waals surface area (Å²) < 4.78 is 29.1. The first-order valence-corrected chi connectivity index (χ1v) is 9.62. The zero-order valence-corrected chi connectivity index (χ0v) is 14.4. The number of rotatable bonds is 4. The van der Waals surface area contributed by atoms with E-state index in [4.69, 9.17) is 0 Å². The Morgan fingerprint density at radius 1 is 1.41 bits per heavy atom. The van der Waals surface area contributed by atoms with Gasteiger partial charge in [0.1, 0.15) is 12.7 Å². The number of nitrogens with zero attached hydrogens (tertiary/aromatic N) is 4. The Kier molecular flexibility index (Phi) is 4.33. The van der Waals surface area contributed by atoms with Crippen molar-refractivity contribution in [1.82, 2.24) is 19.1 Å². The van der Waals surface area contributed by atoms with Crippen molar-refractivity contribution in [1.29, 1.82) is 0 Å². The molecule has 8 heteroatoms. The number of thiophene rings is 1. The molecule has 0 aliphatic carbocycles. The maximum Gasteiger partial charge on any atom is 0.244 e. The first-order chi connectivity index (χ1) is 10.5. The average Bonchev–Trinajstić information content (AvgIpc) is 3.09. The minimum Gasteiger partial charge on any atom is -0.253 e. The lowest BCUT2D eigenvalue weighted by Crippen LogP contribution is -2.41. The standard InChI is InChI=1S/C14H20N4O2S2/c1-11-6-14(12(2)21-11)22(19,20)18-5-3-4-13(8-18)7-17-10-15-9-16-17/h6,9-10,13H,3-5,7-8H2,1-2H3/t13-/m1/s1. The fourth-order valence-electron chi connectivity index (χ4n) is 2.99. The van der Waals surface area contributed by atoms with Crippen LogP contribution in [0.2, 0.25) is 0 Å². The zero-order valence-electron chi connectivity index (χ0n) is 12.8. The van der Waals surface area contributed by atoms with Gasteiger partial charge in [0.15, 0.2) is 0 Å². The smallest absolute Gasteiger partial charge is 0.244 e. The molecule has 0 saturated carbocycles.